The highest BCUT2D eigenvalue weighted by atomic mass is 15.1. The van der Waals surface area contributed by atoms with Crippen molar-refractivity contribution in [3.8, 4) is 0 Å². The van der Waals surface area contributed by atoms with Crippen molar-refractivity contribution in [1.29, 1.82) is 0 Å². The van der Waals surface area contributed by atoms with Crippen LogP contribution in [0.25, 0.3) is 10.9 Å². The van der Waals surface area contributed by atoms with Gasteiger partial charge in [0.25, 0.3) is 0 Å². The molecule has 4 N–H and O–H groups in total. The lowest BCUT2D eigenvalue weighted by molar-refractivity contribution is 0.260. The summed E-state index contributed by atoms with van der Waals surface area (Å²) in [6.07, 6.45) is 7.96. The van der Waals surface area contributed by atoms with Gasteiger partial charge in [0.1, 0.15) is 0 Å². The fourth-order valence-corrected chi connectivity index (χ4v) is 5.42. The van der Waals surface area contributed by atoms with Gasteiger partial charge in [-0.25, -0.2) is 0 Å². The van der Waals surface area contributed by atoms with E-state index in [9.17, 15) is 0 Å². The number of hydrogen-bond donors (Lipinski definition) is 4. The van der Waals surface area contributed by atoms with Crippen LogP contribution in [0.15, 0.2) is 97.5 Å². The van der Waals surface area contributed by atoms with E-state index in [0.29, 0.717) is 0 Å². The molecule has 0 aliphatic heterocycles. The molecule has 5 aromatic rings. The summed E-state index contributed by atoms with van der Waals surface area (Å²) < 4.78 is 0. The number of para-hydroxylation sites is 1. The minimum absolute atomic E-state index is 0.794. The maximum Gasteiger partial charge on any atom is 0.0541 e. The number of aromatic nitrogens is 3. The van der Waals surface area contributed by atoms with Gasteiger partial charge in [-0.2, -0.15) is 0 Å². The average Bonchev–Trinajstić information content (AvgIpc) is 3.47. The van der Waals surface area contributed by atoms with Gasteiger partial charge in [0.15, 0.2) is 0 Å². The highest BCUT2D eigenvalue weighted by molar-refractivity contribution is 5.85. The molecule has 5 rings (SSSR count). The van der Waals surface area contributed by atoms with Crippen molar-refractivity contribution in [1.82, 2.24) is 35.8 Å². The Bertz CT molecular complexity index is 1480. The van der Waals surface area contributed by atoms with Gasteiger partial charge in [-0.3, -0.25) is 14.9 Å². The number of nitrogens with zero attached hydrogens (tertiary/aromatic N) is 3. The number of aromatic amines is 1. The van der Waals surface area contributed by atoms with Gasteiger partial charge in [-0.05, 0) is 85.9 Å². The summed E-state index contributed by atoms with van der Waals surface area (Å²) in [5.41, 5.74) is 8.77. The standard InChI is InChI=1S/C36H45N7/c1-29-8-6-11-35-32(25-42-36(29)35)16-20-38-24-30-12-14-31(15-13-30)28-43(23-21-39-27-34-10-3-5-19-41-34)22-7-17-37-26-33-9-2-4-18-40-33/h2-6,8-15,18-19,25,37-39,42H,7,16-17,20-24,26-28H2,1H3. The minimum Gasteiger partial charge on any atom is -0.361 e. The zero-order valence-corrected chi connectivity index (χ0v) is 25.4. The molecule has 0 saturated carbocycles. The smallest absolute Gasteiger partial charge is 0.0541 e. The molecule has 0 atom stereocenters. The number of pyridine rings is 2. The van der Waals surface area contributed by atoms with Crippen molar-refractivity contribution in [2.75, 3.05) is 32.7 Å². The average molecular weight is 576 g/mol. The lowest BCUT2D eigenvalue weighted by atomic mass is 10.1. The second-order valence-corrected chi connectivity index (χ2v) is 11.2. The van der Waals surface area contributed by atoms with Crippen LogP contribution in [0.2, 0.25) is 0 Å². The van der Waals surface area contributed by atoms with Crippen LogP contribution in [0.1, 0.15) is 40.1 Å². The molecule has 0 bridgehead atoms. The lowest BCUT2D eigenvalue weighted by Gasteiger charge is -2.23. The second-order valence-electron chi connectivity index (χ2n) is 11.2. The van der Waals surface area contributed by atoms with Crippen molar-refractivity contribution in [3.05, 3.63) is 131 Å². The Kier molecular flexibility index (Phi) is 11.9. The minimum atomic E-state index is 0.794. The molecule has 7 heteroatoms. The summed E-state index contributed by atoms with van der Waals surface area (Å²) in [6, 6.07) is 27.7. The zero-order valence-electron chi connectivity index (χ0n) is 25.4. The topological polar surface area (TPSA) is 80.9 Å². The molecule has 3 heterocycles. The van der Waals surface area contributed by atoms with Crippen LogP contribution in [0.4, 0.5) is 0 Å². The van der Waals surface area contributed by atoms with Crippen LogP contribution < -0.4 is 16.0 Å². The van der Waals surface area contributed by atoms with Gasteiger partial charge >= 0.3 is 0 Å². The molecule has 0 unspecified atom stereocenters. The number of nitrogens with one attached hydrogen (secondary N) is 4. The summed E-state index contributed by atoms with van der Waals surface area (Å²) >= 11 is 0. The molecule has 3 aromatic heterocycles. The first-order valence-corrected chi connectivity index (χ1v) is 15.5. The van der Waals surface area contributed by atoms with E-state index in [0.717, 1.165) is 83.1 Å². The molecule has 0 aliphatic carbocycles. The normalized spacial score (nSPS) is 11.5. The summed E-state index contributed by atoms with van der Waals surface area (Å²) in [4.78, 5) is 14.8. The number of rotatable bonds is 18. The van der Waals surface area contributed by atoms with Gasteiger partial charge in [0.2, 0.25) is 0 Å². The predicted molar refractivity (Wildman–Crippen MR) is 177 cm³/mol. The monoisotopic (exact) mass is 575 g/mol. The Hall–Kier alpha value is -3.88. The second kappa shape index (κ2) is 16.7. The summed E-state index contributed by atoms with van der Waals surface area (Å²) in [5.74, 6) is 0. The fourth-order valence-electron chi connectivity index (χ4n) is 5.42. The molecule has 0 radical (unpaired) electrons. The van der Waals surface area contributed by atoms with Gasteiger partial charge in [0.05, 0.1) is 11.4 Å². The number of fused-ring (bicyclic) bond motifs is 1. The number of aryl methyl sites for hydroxylation is 1. The first kappa shape index (κ1) is 30.6. The Labute approximate surface area is 256 Å². The van der Waals surface area contributed by atoms with Gasteiger partial charge < -0.3 is 20.9 Å². The van der Waals surface area contributed by atoms with Gasteiger partial charge in [0, 0.05) is 68.8 Å². The quantitative estimate of drug-likeness (QED) is 0.105. The Morgan fingerprint density at radius 3 is 2.09 bits per heavy atom. The SMILES string of the molecule is Cc1cccc2c(CCNCc3ccc(CN(CCCNCc4ccccn4)CCNCc4ccccn4)cc3)c[nH]c12. The van der Waals surface area contributed by atoms with Crippen LogP contribution in [-0.2, 0) is 32.6 Å². The van der Waals surface area contributed by atoms with Gasteiger partial charge in [-0.15, -0.1) is 0 Å². The molecule has 2 aromatic carbocycles. The van der Waals surface area contributed by atoms with Crippen LogP contribution in [0.5, 0.6) is 0 Å². The third-order valence-electron chi connectivity index (χ3n) is 7.84. The highest BCUT2D eigenvalue weighted by Crippen LogP contribution is 2.21. The molecular formula is C36H45N7. The van der Waals surface area contributed by atoms with Crippen molar-refractivity contribution >= 4 is 10.9 Å². The fraction of sp³-hybridized carbons (Fsp3) is 0.333. The van der Waals surface area contributed by atoms with E-state index >= 15 is 0 Å². The number of hydrogen-bond acceptors (Lipinski definition) is 6. The van der Waals surface area contributed by atoms with E-state index in [1.807, 2.05) is 36.7 Å². The predicted octanol–water partition coefficient (Wildman–Crippen LogP) is 5.37. The summed E-state index contributed by atoms with van der Waals surface area (Å²) in [7, 11) is 0. The first-order valence-electron chi connectivity index (χ1n) is 15.5. The van der Waals surface area contributed by atoms with E-state index in [4.69, 9.17) is 0 Å². The third-order valence-corrected chi connectivity index (χ3v) is 7.84. The molecular weight excluding hydrogens is 530 g/mol. The molecule has 0 aliphatic rings. The molecule has 0 fully saturated rings. The molecule has 0 spiro atoms. The van der Waals surface area contributed by atoms with Crippen molar-refractivity contribution in [3.63, 3.8) is 0 Å². The van der Waals surface area contributed by atoms with Crippen molar-refractivity contribution in [2.24, 2.45) is 0 Å². The van der Waals surface area contributed by atoms with E-state index in [-0.39, 0.29) is 0 Å². The van der Waals surface area contributed by atoms with Crippen LogP contribution in [0, 0.1) is 6.92 Å². The summed E-state index contributed by atoms with van der Waals surface area (Å²) in [5, 5.41) is 12.1. The van der Waals surface area contributed by atoms with E-state index in [1.165, 1.54) is 33.2 Å². The molecule has 0 amide bonds. The van der Waals surface area contributed by atoms with Crippen molar-refractivity contribution < 1.29 is 0 Å². The maximum absolute atomic E-state index is 4.43. The number of H-pyrrole nitrogens is 1. The van der Waals surface area contributed by atoms with Crippen LogP contribution in [0.3, 0.4) is 0 Å². The van der Waals surface area contributed by atoms with Gasteiger partial charge in [-0.1, -0.05) is 54.6 Å². The highest BCUT2D eigenvalue weighted by Gasteiger charge is 2.08. The largest absolute Gasteiger partial charge is 0.361 e. The Morgan fingerprint density at radius 1 is 0.674 bits per heavy atom. The van der Waals surface area contributed by atoms with E-state index < -0.39 is 0 Å². The first-order chi connectivity index (χ1) is 21.2. The Balaban J connectivity index is 1.06. The zero-order chi connectivity index (χ0) is 29.5. The Morgan fingerprint density at radius 2 is 1.37 bits per heavy atom. The third kappa shape index (κ3) is 9.83. The molecule has 0 saturated heterocycles. The van der Waals surface area contributed by atoms with E-state index in [2.05, 4.69) is 104 Å². The van der Waals surface area contributed by atoms with Crippen LogP contribution in [-0.4, -0.2) is 52.6 Å². The maximum atomic E-state index is 4.43. The molecule has 7 nitrogen and oxygen atoms in total. The molecule has 43 heavy (non-hydrogen) atoms. The molecule has 224 valence electrons. The van der Waals surface area contributed by atoms with Crippen LogP contribution >= 0.6 is 0 Å². The number of benzene rings is 2. The summed E-state index contributed by atoms with van der Waals surface area (Å²) in [6.45, 7) is 10.5. The van der Waals surface area contributed by atoms with Crippen molar-refractivity contribution in [2.45, 2.75) is 45.9 Å². The lowest BCUT2D eigenvalue weighted by Crippen LogP contribution is -2.33. The van der Waals surface area contributed by atoms with E-state index in [1.54, 1.807) is 0 Å².